The van der Waals surface area contributed by atoms with Crippen molar-refractivity contribution in [3.8, 4) is 5.75 Å². The number of ether oxygens (including phenoxy) is 1. The van der Waals surface area contributed by atoms with Crippen molar-refractivity contribution in [2.24, 2.45) is 0 Å². The molecule has 2 amide bonds. The second-order valence-corrected chi connectivity index (χ2v) is 9.11. The minimum atomic E-state index is -3.82. The van der Waals surface area contributed by atoms with Gasteiger partial charge >= 0.3 is 0 Å². The molecule has 8 nitrogen and oxygen atoms in total. The Labute approximate surface area is 168 Å². The predicted molar refractivity (Wildman–Crippen MR) is 107 cm³/mol. The first kappa shape index (κ1) is 20.5. The van der Waals surface area contributed by atoms with Crippen molar-refractivity contribution < 1.29 is 27.5 Å². The van der Waals surface area contributed by atoms with E-state index in [4.69, 9.17) is 4.74 Å². The highest BCUT2D eigenvalue weighted by molar-refractivity contribution is 7.92. The zero-order valence-corrected chi connectivity index (χ0v) is 16.7. The van der Waals surface area contributed by atoms with Crippen LogP contribution >= 0.6 is 0 Å². The molecule has 1 aliphatic heterocycles. The summed E-state index contributed by atoms with van der Waals surface area (Å²) in [5, 5.41) is 4.18. The molecule has 0 spiro atoms. The summed E-state index contributed by atoms with van der Waals surface area (Å²) < 4.78 is 30.9. The van der Waals surface area contributed by atoms with Crippen LogP contribution in [0.4, 0.5) is 11.4 Å². The summed E-state index contributed by atoms with van der Waals surface area (Å²) in [4.78, 5) is 35.2. The van der Waals surface area contributed by atoms with E-state index < -0.39 is 21.0 Å². The van der Waals surface area contributed by atoms with E-state index in [2.05, 4.69) is 10.6 Å². The topological polar surface area (TPSA) is 119 Å². The van der Waals surface area contributed by atoms with Crippen molar-refractivity contribution in [1.29, 1.82) is 0 Å². The molecule has 0 unspecified atom stereocenters. The first-order valence-electron chi connectivity index (χ1n) is 8.88. The zero-order valence-electron chi connectivity index (χ0n) is 15.9. The Bertz CT molecular complexity index is 1090. The van der Waals surface area contributed by atoms with Crippen LogP contribution < -0.4 is 15.4 Å². The van der Waals surface area contributed by atoms with Gasteiger partial charge in [-0.05, 0) is 44.2 Å². The smallest absolute Gasteiger partial charge is 0.262 e. The highest BCUT2D eigenvalue weighted by Gasteiger charge is 2.28. The fraction of sp³-hybridized carbons (Fsp3) is 0.250. The Hall–Kier alpha value is -3.20. The Morgan fingerprint density at radius 3 is 2.69 bits per heavy atom. The van der Waals surface area contributed by atoms with Gasteiger partial charge in [0.05, 0.1) is 15.8 Å². The molecule has 9 heteroatoms. The van der Waals surface area contributed by atoms with Gasteiger partial charge in [-0.2, -0.15) is 0 Å². The van der Waals surface area contributed by atoms with E-state index in [1.165, 1.54) is 38.1 Å². The summed E-state index contributed by atoms with van der Waals surface area (Å²) >= 11 is 0. The number of carbonyl (C=O) groups excluding carboxylic acids is 3. The molecule has 0 aliphatic carbocycles. The standard InChI is InChI=1S/C20H20N2O6S/c1-12(8-19(24)21-15-5-3-4-14(9-15)13(2)23)29(26,27)16-6-7-18-17(10-16)22-20(25)11-28-18/h3-7,9-10,12H,8,11H2,1-2H3,(H,21,24)(H,22,25)/t12-/m0/s1. The molecule has 152 valence electrons. The first-order valence-corrected chi connectivity index (χ1v) is 10.4. The molecule has 0 bridgehead atoms. The number of hydrogen-bond donors (Lipinski definition) is 2. The van der Waals surface area contributed by atoms with Gasteiger partial charge in [-0.3, -0.25) is 14.4 Å². The monoisotopic (exact) mass is 416 g/mol. The Kier molecular flexibility index (Phi) is 5.69. The number of nitrogens with one attached hydrogen (secondary N) is 2. The lowest BCUT2D eigenvalue weighted by Crippen LogP contribution is -2.27. The van der Waals surface area contributed by atoms with Crippen LogP contribution in [-0.4, -0.2) is 37.9 Å². The van der Waals surface area contributed by atoms with Gasteiger partial charge in [-0.25, -0.2) is 8.42 Å². The molecule has 2 aromatic carbocycles. The average Bonchev–Trinajstić information content (AvgIpc) is 2.67. The number of anilines is 2. The van der Waals surface area contributed by atoms with E-state index in [0.717, 1.165) is 0 Å². The Morgan fingerprint density at radius 2 is 1.97 bits per heavy atom. The van der Waals surface area contributed by atoms with Gasteiger partial charge in [-0.1, -0.05) is 12.1 Å². The molecule has 1 atom stereocenters. The van der Waals surface area contributed by atoms with Crippen LogP contribution in [-0.2, 0) is 19.4 Å². The van der Waals surface area contributed by atoms with Crippen molar-refractivity contribution in [1.82, 2.24) is 0 Å². The Balaban J connectivity index is 1.72. The normalized spacial score (nSPS) is 14.2. The van der Waals surface area contributed by atoms with Gasteiger partial charge in [0.1, 0.15) is 5.75 Å². The number of fused-ring (bicyclic) bond motifs is 1. The van der Waals surface area contributed by atoms with Crippen molar-refractivity contribution >= 4 is 38.8 Å². The van der Waals surface area contributed by atoms with E-state index in [0.29, 0.717) is 17.0 Å². The number of Topliss-reactive ketones (excluding diaryl/α,β-unsaturated/α-hetero) is 1. The molecule has 29 heavy (non-hydrogen) atoms. The van der Waals surface area contributed by atoms with E-state index >= 15 is 0 Å². The zero-order chi connectivity index (χ0) is 21.2. The summed E-state index contributed by atoms with van der Waals surface area (Å²) in [6.45, 7) is 2.73. The quantitative estimate of drug-likeness (QED) is 0.698. The van der Waals surface area contributed by atoms with Crippen LogP contribution in [0.5, 0.6) is 5.75 Å². The third kappa shape index (κ3) is 4.62. The fourth-order valence-electron chi connectivity index (χ4n) is 2.87. The van der Waals surface area contributed by atoms with Crippen molar-refractivity contribution in [2.75, 3.05) is 17.2 Å². The highest BCUT2D eigenvalue weighted by atomic mass is 32.2. The van der Waals surface area contributed by atoms with Crippen LogP contribution in [0.25, 0.3) is 0 Å². The van der Waals surface area contributed by atoms with Crippen LogP contribution in [0.15, 0.2) is 47.4 Å². The second kappa shape index (κ2) is 8.04. The van der Waals surface area contributed by atoms with Gasteiger partial charge in [-0.15, -0.1) is 0 Å². The summed E-state index contributed by atoms with van der Waals surface area (Å²) in [7, 11) is -3.82. The molecule has 3 rings (SSSR count). The van der Waals surface area contributed by atoms with Gasteiger partial charge in [0.2, 0.25) is 5.91 Å². The molecule has 0 radical (unpaired) electrons. The number of carbonyl (C=O) groups is 3. The van der Waals surface area contributed by atoms with E-state index in [-0.39, 0.29) is 35.3 Å². The predicted octanol–water partition coefficient (Wildman–Crippen LogP) is 2.41. The lowest BCUT2D eigenvalue weighted by Gasteiger charge is -2.19. The summed E-state index contributed by atoms with van der Waals surface area (Å²) in [5.41, 5.74) is 1.14. The van der Waals surface area contributed by atoms with Gasteiger partial charge in [0.15, 0.2) is 22.2 Å². The number of ketones is 1. The Morgan fingerprint density at radius 1 is 1.21 bits per heavy atom. The number of rotatable bonds is 6. The number of benzene rings is 2. The molecule has 2 N–H and O–H groups in total. The molecule has 1 aliphatic rings. The summed E-state index contributed by atoms with van der Waals surface area (Å²) in [5.74, 6) is -0.608. The fourth-order valence-corrected chi connectivity index (χ4v) is 4.25. The van der Waals surface area contributed by atoms with E-state index in [1.54, 1.807) is 18.2 Å². The lowest BCUT2D eigenvalue weighted by molar-refractivity contribution is -0.118. The first-order chi connectivity index (χ1) is 13.7. The maximum atomic E-state index is 12.9. The minimum absolute atomic E-state index is 0.0130. The maximum Gasteiger partial charge on any atom is 0.262 e. The molecular formula is C20H20N2O6S. The minimum Gasteiger partial charge on any atom is -0.482 e. The highest BCUT2D eigenvalue weighted by Crippen LogP contribution is 2.31. The third-order valence-electron chi connectivity index (χ3n) is 4.47. The number of sulfone groups is 1. The molecular weight excluding hydrogens is 396 g/mol. The molecule has 0 fully saturated rings. The van der Waals surface area contributed by atoms with Crippen molar-refractivity contribution in [2.45, 2.75) is 30.4 Å². The van der Waals surface area contributed by atoms with Crippen LogP contribution in [0.2, 0.25) is 0 Å². The van der Waals surface area contributed by atoms with E-state index in [1.807, 2.05) is 0 Å². The summed E-state index contributed by atoms with van der Waals surface area (Å²) in [6.07, 6.45) is -0.271. The lowest BCUT2D eigenvalue weighted by atomic mass is 10.1. The van der Waals surface area contributed by atoms with Crippen LogP contribution in [0.3, 0.4) is 0 Å². The van der Waals surface area contributed by atoms with E-state index in [9.17, 15) is 22.8 Å². The molecule has 1 heterocycles. The number of amides is 2. The summed E-state index contributed by atoms with van der Waals surface area (Å²) in [6, 6.07) is 10.6. The molecule has 0 saturated carbocycles. The largest absolute Gasteiger partial charge is 0.482 e. The van der Waals surface area contributed by atoms with Gasteiger partial charge < -0.3 is 15.4 Å². The SMILES string of the molecule is CC(=O)c1cccc(NC(=O)C[C@H](C)S(=O)(=O)c2ccc3c(c2)NC(=O)CO3)c1. The van der Waals surface area contributed by atoms with Crippen LogP contribution in [0, 0.1) is 0 Å². The number of hydrogen-bond acceptors (Lipinski definition) is 6. The van der Waals surface area contributed by atoms with Gasteiger partial charge in [0.25, 0.3) is 5.91 Å². The van der Waals surface area contributed by atoms with Crippen LogP contribution in [0.1, 0.15) is 30.6 Å². The van der Waals surface area contributed by atoms with Crippen molar-refractivity contribution in [3.63, 3.8) is 0 Å². The molecule has 0 saturated heterocycles. The third-order valence-corrected chi connectivity index (χ3v) is 6.60. The molecule has 0 aromatic heterocycles. The molecule has 2 aromatic rings. The maximum absolute atomic E-state index is 12.9. The van der Waals surface area contributed by atoms with Gasteiger partial charge in [0, 0.05) is 17.7 Å². The van der Waals surface area contributed by atoms with Crippen molar-refractivity contribution in [3.05, 3.63) is 48.0 Å². The average molecular weight is 416 g/mol. The second-order valence-electron chi connectivity index (χ2n) is 6.74.